The number of aliphatic hydroxyl groups is 1. The molecule has 0 atom stereocenters. The molecular formula is C14H19NO2. The molecule has 0 bridgehead atoms. The number of aliphatic hydroxyl groups excluding tert-OH is 1. The predicted molar refractivity (Wildman–Crippen MR) is 69.5 cm³/mol. The van der Waals surface area contributed by atoms with Crippen molar-refractivity contribution in [1.82, 2.24) is 4.98 Å². The van der Waals surface area contributed by atoms with Gasteiger partial charge in [0.15, 0.2) is 0 Å². The lowest BCUT2D eigenvalue weighted by atomic mass is 10.1. The summed E-state index contributed by atoms with van der Waals surface area (Å²) >= 11 is 0. The summed E-state index contributed by atoms with van der Waals surface area (Å²) in [4.78, 5) is 3.21. The smallest absolute Gasteiger partial charge is 0.122 e. The molecule has 1 heterocycles. The summed E-state index contributed by atoms with van der Waals surface area (Å²) in [6.07, 6.45) is 2.63. The van der Waals surface area contributed by atoms with Crippen LogP contribution >= 0.6 is 0 Å². The highest BCUT2D eigenvalue weighted by molar-refractivity contribution is 5.84. The molecule has 0 aliphatic heterocycles. The van der Waals surface area contributed by atoms with E-state index in [1.807, 2.05) is 45.2 Å². The molecule has 2 N–H and O–H groups in total. The first-order valence-corrected chi connectivity index (χ1v) is 5.89. The molecule has 0 radical (unpaired) electrons. The van der Waals surface area contributed by atoms with E-state index in [9.17, 15) is 0 Å². The summed E-state index contributed by atoms with van der Waals surface area (Å²) in [5.41, 5.74) is 2.01. The molecular weight excluding hydrogens is 214 g/mol. The quantitative estimate of drug-likeness (QED) is 0.856. The molecule has 92 valence electrons. The zero-order chi connectivity index (χ0) is 12.5. The zero-order valence-electron chi connectivity index (χ0n) is 10.6. The van der Waals surface area contributed by atoms with Crippen LogP contribution in [0.4, 0.5) is 0 Å². The van der Waals surface area contributed by atoms with Crippen molar-refractivity contribution in [3.05, 3.63) is 30.0 Å². The molecule has 3 heteroatoms. The van der Waals surface area contributed by atoms with Gasteiger partial charge >= 0.3 is 0 Å². The van der Waals surface area contributed by atoms with Crippen LogP contribution in [0.25, 0.3) is 10.9 Å². The number of rotatable bonds is 3. The maximum Gasteiger partial charge on any atom is 0.122 e. The van der Waals surface area contributed by atoms with Crippen LogP contribution in [0.2, 0.25) is 0 Å². The number of nitrogens with one attached hydrogen (secondary N) is 1. The average Bonchev–Trinajstić information content (AvgIpc) is 2.59. The van der Waals surface area contributed by atoms with Crippen molar-refractivity contribution in [3.63, 3.8) is 0 Å². The average molecular weight is 233 g/mol. The Hall–Kier alpha value is -1.48. The second-order valence-corrected chi connectivity index (χ2v) is 5.21. The van der Waals surface area contributed by atoms with E-state index in [-0.39, 0.29) is 12.2 Å². The number of hydrogen-bond donors (Lipinski definition) is 2. The van der Waals surface area contributed by atoms with Crippen molar-refractivity contribution in [1.29, 1.82) is 0 Å². The fourth-order valence-electron chi connectivity index (χ4n) is 1.91. The van der Waals surface area contributed by atoms with Crippen LogP contribution in [0.5, 0.6) is 5.75 Å². The molecule has 0 spiro atoms. The molecule has 3 nitrogen and oxygen atoms in total. The van der Waals surface area contributed by atoms with Crippen molar-refractivity contribution < 1.29 is 9.84 Å². The largest absolute Gasteiger partial charge is 0.488 e. The first-order chi connectivity index (χ1) is 7.99. The van der Waals surface area contributed by atoms with E-state index < -0.39 is 0 Å². The van der Waals surface area contributed by atoms with E-state index in [0.717, 1.165) is 22.2 Å². The Bertz CT molecular complexity index is 508. The van der Waals surface area contributed by atoms with E-state index in [0.29, 0.717) is 6.42 Å². The molecule has 1 aromatic heterocycles. The first-order valence-electron chi connectivity index (χ1n) is 5.89. The molecule has 0 amide bonds. The molecule has 0 saturated carbocycles. The monoisotopic (exact) mass is 233 g/mol. The Morgan fingerprint density at radius 2 is 2.06 bits per heavy atom. The number of ether oxygens (including phenoxy) is 1. The molecule has 0 aliphatic rings. The molecule has 2 aromatic rings. The molecule has 0 saturated heterocycles. The molecule has 17 heavy (non-hydrogen) atoms. The summed E-state index contributed by atoms with van der Waals surface area (Å²) < 4.78 is 5.81. The maximum absolute atomic E-state index is 8.97. The number of benzene rings is 1. The minimum absolute atomic E-state index is 0.174. The van der Waals surface area contributed by atoms with Gasteiger partial charge in [-0.3, -0.25) is 0 Å². The van der Waals surface area contributed by atoms with Gasteiger partial charge in [0.1, 0.15) is 11.4 Å². The minimum atomic E-state index is -0.186. The summed E-state index contributed by atoms with van der Waals surface area (Å²) in [6.45, 7) is 6.27. The van der Waals surface area contributed by atoms with Crippen LogP contribution in [-0.4, -0.2) is 22.3 Å². The van der Waals surface area contributed by atoms with E-state index in [1.165, 1.54) is 0 Å². The highest BCUT2D eigenvalue weighted by Gasteiger charge is 2.12. The third-order valence-corrected chi connectivity index (χ3v) is 2.54. The van der Waals surface area contributed by atoms with Gasteiger partial charge in [-0.15, -0.1) is 0 Å². The van der Waals surface area contributed by atoms with Gasteiger partial charge in [-0.2, -0.15) is 0 Å². The van der Waals surface area contributed by atoms with Crippen molar-refractivity contribution in [2.75, 3.05) is 6.61 Å². The summed E-state index contributed by atoms with van der Waals surface area (Å²) in [5.74, 6) is 0.863. The van der Waals surface area contributed by atoms with Crippen LogP contribution in [-0.2, 0) is 6.42 Å². The van der Waals surface area contributed by atoms with Gasteiger partial charge in [-0.1, -0.05) is 0 Å². The van der Waals surface area contributed by atoms with Crippen molar-refractivity contribution in [2.24, 2.45) is 0 Å². The molecule has 0 unspecified atom stereocenters. The van der Waals surface area contributed by atoms with E-state index in [2.05, 4.69) is 4.98 Å². The maximum atomic E-state index is 8.97. The number of aromatic amines is 1. The van der Waals surface area contributed by atoms with Gasteiger partial charge in [0.2, 0.25) is 0 Å². The summed E-state index contributed by atoms with van der Waals surface area (Å²) in [7, 11) is 0. The Morgan fingerprint density at radius 3 is 2.71 bits per heavy atom. The minimum Gasteiger partial charge on any atom is -0.488 e. The van der Waals surface area contributed by atoms with Gasteiger partial charge in [-0.05, 0) is 44.9 Å². The lowest BCUT2D eigenvalue weighted by Crippen LogP contribution is -2.22. The third-order valence-electron chi connectivity index (χ3n) is 2.54. The highest BCUT2D eigenvalue weighted by atomic mass is 16.5. The Kier molecular flexibility index (Phi) is 3.11. The lowest BCUT2D eigenvalue weighted by Gasteiger charge is -2.21. The SMILES string of the molecule is CC(C)(C)Oc1ccc2c(CCO)c[nH]c2c1. The first kappa shape index (κ1) is 12.0. The molecule has 2 rings (SSSR count). The normalized spacial score (nSPS) is 12.0. The van der Waals surface area contributed by atoms with Crippen LogP contribution in [0, 0.1) is 0 Å². The number of hydrogen-bond acceptors (Lipinski definition) is 2. The Labute approximate surface area is 101 Å². The Morgan fingerprint density at radius 1 is 1.29 bits per heavy atom. The van der Waals surface area contributed by atoms with Gasteiger partial charge < -0.3 is 14.8 Å². The number of H-pyrrole nitrogens is 1. The van der Waals surface area contributed by atoms with Gasteiger partial charge in [0, 0.05) is 29.8 Å². The topological polar surface area (TPSA) is 45.2 Å². The van der Waals surface area contributed by atoms with E-state index in [1.54, 1.807) is 0 Å². The standard InChI is InChI=1S/C14H19NO2/c1-14(2,3)17-11-4-5-12-10(6-7-16)9-15-13(12)8-11/h4-5,8-9,15-16H,6-7H2,1-3H3. The van der Waals surface area contributed by atoms with Crippen molar-refractivity contribution in [2.45, 2.75) is 32.8 Å². The van der Waals surface area contributed by atoms with E-state index >= 15 is 0 Å². The molecule has 0 aliphatic carbocycles. The number of fused-ring (bicyclic) bond motifs is 1. The van der Waals surface area contributed by atoms with Crippen molar-refractivity contribution >= 4 is 10.9 Å². The second kappa shape index (κ2) is 4.41. The Balaban J connectivity index is 2.32. The summed E-state index contributed by atoms with van der Waals surface area (Å²) in [5, 5.41) is 10.1. The fourth-order valence-corrected chi connectivity index (χ4v) is 1.91. The van der Waals surface area contributed by atoms with Crippen LogP contribution in [0.3, 0.4) is 0 Å². The lowest BCUT2D eigenvalue weighted by molar-refractivity contribution is 0.131. The van der Waals surface area contributed by atoms with Crippen LogP contribution in [0.15, 0.2) is 24.4 Å². The van der Waals surface area contributed by atoms with Crippen molar-refractivity contribution in [3.8, 4) is 5.75 Å². The third kappa shape index (κ3) is 2.80. The van der Waals surface area contributed by atoms with Crippen LogP contribution in [0.1, 0.15) is 26.3 Å². The highest BCUT2D eigenvalue weighted by Crippen LogP contribution is 2.25. The number of aromatic nitrogens is 1. The van der Waals surface area contributed by atoms with Crippen LogP contribution < -0.4 is 4.74 Å². The van der Waals surface area contributed by atoms with E-state index in [4.69, 9.17) is 9.84 Å². The fraction of sp³-hybridized carbons (Fsp3) is 0.429. The van der Waals surface area contributed by atoms with Gasteiger partial charge in [0.05, 0.1) is 0 Å². The molecule has 0 fully saturated rings. The zero-order valence-corrected chi connectivity index (χ0v) is 10.6. The summed E-state index contributed by atoms with van der Waals surface area (Å²) in [6, 6.07) is 6.02. The van der Waals surface area contributed by atoms with Gasteiger partial charge in [0.25, 0.3) is 0 Å². The molecule has 1 aromatic carbocycles. The predicted octanol–water partition coefficient (Wildman–Crippen LogP) is 2.88. The van der Waals surface area contributed by atoms with Gasteiger partial charge in [-0.25, -0.2) is 0 Å². The second-order valence-electron chi connectivity index (χ2n) is 5.21.